The number of nitrogens with one attached hydrogen (secondary N) is 2. The molecular weight excluding hydrogens is 479 g/mol. The van der Waals surface area contributed by atoms with Crippen molar-refractivity contribution in [2.24, 2.45) is 0 Å². The molecule has 3 aromatic carbocycles. The monoisotopic (exact) mass is 504 g/mol. The maximum absolute atomic E-state index is 14.2. The normalized spacial score (nSPS) is 12.4. The number of nitrogens with two attached hydrogens (primary N) is 1. The number of carbonyl (C=O) groups excluding carboxylic acids is 2. The topological polar surface area (TPSA) is 147 Å². The van der Waals surface area contributed by atoms with Crippen LogP contribution in [0.5, 0.6) is 5.75 Å². The number of amides is 2. The Bertz CT molecular complexity index is 1320. The molecule has 3 aromatic rings. The van der Waals surface area contributed by atoms with Crippen molar-refractivity contribution in [3.63, 3.8) is 0 Å². The summed E-state index contributed by atoms with van der Waals surface area (Å²) in [5.74, 6) is -2.01. The van der Waals surface area contributed by atoms with Crippen LogP contribution in [0.15, 0.2) is 78.9 Å². The molecule has 0 radical (unpaired) electrons. The average molecular weight is 505 g/mol. The average Bonchev–Trinajstić information content (AvgIpc) is 2.89. The van der Waals surface area contributed by atoms with E-state index in [-0.39, 0.29) is 12.2 Å². The van der Waals surface area contributed by atoms with Crippen LogP contribution < -0.4 is 16.4 Å². The van der Waals surface area contributed by atoms with Gasteiger partial charge in [-0.15, -0.1) is 0 Å². The molecule has 0 unspecified atom stereocenters. The molecule has 0 fully saturated rings. The first-order chi connectivity index (χ1) is 17.8. The fourth-order valence-electron chi connectivity index (χ4n) is 3.32. The first-order valence-electron chi connectivity index (χ1n) is 11.2. The largest absolute Gasteiger partial charge is 0.505 e. The van der Waals surface area contributed by atoms with Gasteiger partial charge in [-0.2, -0.15) is 5.26 Å². The zero-order chi connectivity index (χ0) is 26.8. The minimum atomic E-state index is -1.20. The quantitative estimate of drug-likeness (QED) is 0.240. The van der Waals surface area contributed by atoms with Crippen LogP contribution in [0, 0.1) is 17.1 Å². The third-order valence-electron chi connectivity index (χ3n) is 5.11. The number of benzene rings is 3. The van der Waals surface area contributed by atoms with Gasteiger partial charge in [-0.25, -0.2) is 9.18 Å². The number of phenols is 1. The zero-order valence-corrected chi connectivity index (χ0v) is 19.9. The van der Waals surface area contributed by atoms with Gasteiger partial charge in [0.25, 0.3) is 0 Å². The molecule has 37 heavy (non-hydrogen) atoms. The van der Waals surface area contributed by atoms with Crippen molar-refractivity contribution < 1.29 is 28.6 Å². The number of phenolic OH excluding ortho intramolecular Hbond substituents is 1. The molecule has 3 rings (SSSR count). The minimum Gasteiger partial charge on any atom is -0.505 e. The first-order valence-corrected chi connectivity index (χ1v) is 11.2. The third-order valence-corrected chi connectivity index (χ3v) is 5.11. The van der Waals surface area contributed by atoms with Crippen LogP contribution in [0.4, 0.5) is 26.2 Å². The summed E-state index contributed by atoms with van der Waals surface area (Å²) in [5.41, 5.74) is 7.61. The highest BCUT2D eigenvalue weighted by molar-refractivity contribution is 6.01. The van der Waals surface area contributed by atoms with Crippen LogP contribution in [-0.4, -0.2) is 29.8 Å². The number of rotatable bonds is 9. The second-order valence-electron chi connectivity index (χ2n) is 7.71. The number of anilines is 3. The molecule has 2 atom stereocenters. The summed E-state index contributed by atoms with van der Waals surface area (Å²) >= 11 is 0. The van der Waals surface area contributed by atoms with Crippen molar-refractivity contribution in [1.29, 1.82) is 5.26 Å². The number of nitrogen functional groups attached to an aromatic ring is 1. The lowest BCUT2D eigenvalue weighted by Gasteiger charge is -2.25. The Balaban J connectivity index is 1.84. The van der Waals surface area contributed by atoms with E-state index in [4.69, 9.17) is 20.5 Å². The lowest BCUT2D eigenvalue weighted by Crippen LogP contribution is -2.28. The number of nitrogens with zero attached hydrogens (tertiary/aromatic N) is 1. The van der Waals surface area contributed by atoms with Crippen molar-refractivity contribution in [2.75, 3.05) is 23.0 Å². The molecule has 5 N–H and O–H groups in total. The highest BCUT2D eigenvalue weighted by Gasteiger charge is 2.27. The van der Waals surface area contributed by atoms with Crippen LogP contribution in [0.3, 0.4) is 0 Å². The molecule has 0 bridgehead atoms. The molecule has 0 heterocycles. The van der Waals surface area contributed by atoms with Gasteiger partial charge in [-0.05, 0) is 67.1 Å². The zero-order valence-electron chi connectivity index (χ0n) is 19.9. The van der Waals surface area contributed by atoms with E-state index in [0.29, 0.717) is 22.6 Å². The molecule has 9 nitrogen and oxygen atoms in total. The third kappa shape index (κ3) is 7.55. The van der Waals surface area contributed by atoms with E-state index < -0.39 is 35.8 Å². The Morgan fingerprint density at radius 1 is 1.14 bits per heavy atom. The Kier molecular flexibility index (Phi) is 9.18. The number of carbonyl (C=O) groups is 2. The number of para-hydroxylation sites is 2. The maximum atomic E-state index is 14.2. The summed E-state index contributed by atoms with van der Waals surface area (Å²) in [6.07, 6.45) is -0.512. The maximum Gasteiger partial charge on any atom is 0.412 e. The van der Waals surface area contributed by atoms with Gasteiger partial charge in [-0.1, -0.05) is 18.2 Å². The van der Waals surface area contributed by atoms with Crippen molar-refractivity contribution in [1.82, 2.24) is 0 Å². The Labute approximate surface area is 212 Å². The van der Waals surface area contributed by atoms with Gasteiger partial charge in [-0.3, -0.25) is 10.1 Å². The molecule has 0 spiro atoms. The molecule has 0 aliphatic carbocycles. The molecule has 0 saturated heterocycles. The molecule has 0 aliphatic heterocycles. The second kappa shape index (κ2) is 12.7. The van der Waals surface area contributed by atoms with Crippen LogP contribution >= 0.6 is 0 Å². The number of halogens is 1. The summed E-state index contributed by atoms with van der Waals surface area (Å²) in [6, 6.07) is 18.3. The Hall–Kier alpha value is -4.88. The van der Waals surface area contributed by atoms with E-state index in [1.807, 2.05) is 6.07 Å². The smallest absolute Gasteiger partial charge is 0.412 e. The summed E-state index contributed by atoms with van der Waals surface area (Å²) in [6.45, 7) is 1.89. The summed E-state index contributed by atoms with van der Waals surface area (Å²) in [5, 5.41) is 23.7. The second-order valence-corrected chi connectivity index (χ2v) is 7.71. The lowest BCUT2D eigenvalue weighted by atomic mass is 10.0. The van der Waals surface area contributed by atoms with Crippen LogP contribution in [-0.2, 0) is 14.3 Å². The lowest BCUT2D eigenvalue weighted by molar-refractivity contribution is -0.112. The van der Waals surface area contributed by atoms with E-state index in [1.165, 1.54) is 42.5 Å². The van der Waals surface area contributed by atoms with Gasteiger partial charge >= 0.3 is 6.09 Å². The summed E-state index contributed by atoms with van der Waals surface area (Å²) in [7, 11) is 0. The van der Waals surface area contributed by atoms with E-state index in [2.05, 4.69) is 10.6 Å². The van der Waals surface area contributed by atoms with Crippen molar-refractivity contribution in [3.05, 3.63) is 95.8 Å². The van der Waals surface area contributed by atoms with Gasteiger partial charge in [0.2, 0.25) is 5.91 Å². The molecule has 190 valence electrons. The minimum absolute atomic E-state index is 0.180. The van der Waals surface area contributed by atoms with Crippen molar-refractivity contribution in [3.8, 4) is 11.8 Å². The Morgan fingerprint density at radius 2 is 1.86 bits per heavy atom. The molecule has 2 amide bonds. The standard InChI is InChI=1S/C27H25FN4O5/c1-2-36-24(13-14-25(34)32-22-6-4-3-5-21(22)30)26(18-9-12-23(33)20(28)15-18)37-27(35)31-19-10-7-17(16-29)8-11-19/h3-15,24,26,33H,2,30H2,1H3,(H,31,35)(H,32,34)/b14-13+/t24-,26-/m0/s1. The number of hydrogen-bond donors (Lipinski definition) is 4. The molecule has 0 aromatic heterocycles. The van der Waals surface area contributed by atoms with E-state index in [9.17, 15) is 19.1 Å². The van der Waals surface area contributed by atoms with Crippen LogP contribution in [0.2, 0.25) is 0 Å². The number of ether oxygens (including phenoxy) is 2. The van der Waals surface area contributed by atoms with Gasteiger partial charge < -0.3 is 25.6 Å². The fourth-order valence-corrected chi connectivity index (χ4v) is 3.32. The number of nitriles is 1. The molecular formula is C27H25FN4O5. The highest BCUT2D eigenvalue weighted by atomic mass is 19.1. The first kappa shape index (κ1) is 26.7. The summed E-state index contributed by atoms with van der Waals surface area (Å²) in [4.78, 5) is 25.2. The predicted octanol–water partition coefficient (Wildman–Crippen LogP) is 4.87. The number of hydrogen-bond acceptors (Lipinski definition) is 7. The van der Waals surface area contributed by atoms with E-state index >= 15 is 0 Å². The van der Waals surface area contributed by atoms with Gasteiger partial charge in [0, 0.05) is 18.4 Å². The van der Waals surface area contributed by atoms with Gasteiger partial charge in [0.1, 0.15) is 6.10 Å². The van der Waals surface area contributed by atoms with Crippen molar-refractivity contribution in [2.45, 2.75) is 19.1 Å². The van der Waals surface area contributed by atoms with E-state index in [0.717, 1.165) is 12.1 Å². The van der Waals surface area contributed by atoms with Crippen LogP contribution in [0.25, 0.3) is 0 Å². The molecule has 0 saturated carbocycles. The highest BCUT2D eigenvalue weighted by Crippen LogP contribution is 2.29. The molecule has 0 aliphatic rings. The summed E-state index contributed by atoms with van der Waals surface area (Å²) < 4.78 is 25.5. The van der Waals surface area contributed by atoms with E-state index in [1.54, 1.807) is 31.2 Å². The fraction of sp³-hybridized carbons (Fsp3) is 0.148. The molecule has 10 heteroatoms. The van der Waals surface area contributed by atoms with Crippen LogP contribution in [0.1, 0.15) is 24.2 Å². The SMILES string of the molecule is CCO[C@@H](/C=C/C(=O)Nc1ccccc1N)[C@@H](OC(=O)Nc1ccc(C#N)cc1)c1ccc(O)c(F)c1. The number of aromatic hydroxyl groups is 1. The predicted molar refractivity (Wildman–Crippen MR) is 136 cm³/mol. The van der Waals surface area contributed by atoms with Gasteiger partial charge in [0.15, 0.2) is 17.7 Å². The Morgan fingerprint density at radius 3 is 2.51 bits per heavy atom. The van der Waals surface area contributed by atoms with Gasteiger partial charge in [0.05, 0.1) is 23.0 Å². The van der Waals surface area contributed by atoms with Crippen molar-refractivity contribution >= 4 is 29.1 Å².